The summed E-state index contributed by atoms with van der Waals surface area (Å²) in [6, 6.07) is 16.2. The third-order valence-electron chi connectivity index (χ3n) is 5.51. The Bertz CT molecular complexity index is 1010. The van der Waals surface area contributed by atoms with E-state index in [1.54, 1.807) is 17.6 Å². The number of carbonyl (C=O) groups excluding carboxylic acids is 1. The highest BCUT2D eigenvalue weighted by atomic mass is 32.2. The molecule has 1 saturated heterocycles. The molecule has 1 aliphatic rings. The Hall–Kier alpha value is -2.86. The number of hydrogen-bond donors (Lipinski definition) is 3. The van der Waals surface area contributed by atoms with Gasteiger partial charge in [-0.15, -0.1) is 6.42 Å². The van der Waals surface area contributed by atoms with E-state index in [0.29, 0.717) is 26.2 Å². The third kappa shape index (κ3) is 4.33. The van der Waals surface area contributed by atoms with Gasteiger partial charge in [-0.1, -0.05) is 36.3 Å². The van der Waals surface area contributed by atoms with E-state index in [2.05, 4.69) is 11.2 Å². The molecular formula is C22H25N3O4S. The summed E-state index contributed by atoms with van der Waals surface area (Å²) in [5.41, 5.74) is 3.43. The Morgan fingerprint density at radius 2 is 1.73 bits per heavy atom. The zero-order valence-electron chi connectivity index (χ0n) is 16.5. The first kappa shape index (κ1) is 21.8. The molecule has 8 heteroatoms. The van der Waals surface area contributed by atoms with Crippen molar-refractivity contribution in [2.24, 2.45) is 0 Å². The molecule has 0 bridgehead atoms. The standard InChI is InChI=1S/C22H25N3O4S/c1-2-14-25-15-12-22(13-16-25,21(26)24-27)30(28,29)20-10-8-19(9-11-20)23-17-18-6-4-3-5-7-18/h1,3-11,23,27H,12-17H2,(H,24,26). The summed E-state index contributed by atoms with van der Waals surface area (Å²) in [7, 11) is -4.04. The number of sulfone groups is 1. The van der Waals surface area contributed by atoms with Crippen LogP contribution in [0.2, 0.25) is 0 Å². The molecule has 2 aromatic rings. The molecule has 0 unspecified atom stereocenters. The minimum absolute atomic E-state index is 0.0433. The lowest BCUT2D eigenvalue weighted by molar-refractivity contribution is -0.133. The minimum Gasteiger partial charge on any atom is -0.381 e. The van der Waals surface area contributed by atoms with Gasteiger partial charge in [0, 0.05) is 25.3 Å². The van der Waals surface area contributed by atoms with Crippen LogP contribution in [0.4, 0.5) is 5.69 Å². The number of piperidine rings is 1. The maximum absolute atomic E-state index is 13.4. The van der Waals surface area contributed by atoms with Crippen LogP contribution in [-0.4, -0.2) is 48.8 Å². The van der Waals surface area contributed by atoms with Crippen molar-refractivity contribution in [2.75, 3.05) is 25.0 Å². The Balaban J connectivity index is 1.80. The number of anilines is 1. The summed E-state index contributed by atoms with van der Waals surface area (Å²) in [5, 5.41) is 12.5. The summed E-state index contributed by atoms with van der Waals surface area (Å²) in [6.07, 6.45) is 5.44. The number of carbonyl (C=O) groups is 1. The Kier molecular flexibility index (Phi) is 6.77. The van der Waals surface area contributed by atoms with E-state index in [-0.39, 0.29) is 17.7 Å². The van der Waals surface area contributed by atoms with Crippen molar-refractivity contribution in [2.45, 2.75) is 29.0 Å². The van der Waals surface area contributed by atoms with Crippen LogP contribution in [0.1, 0.15) is 18.4 Å². The molecule has 3 N–H and O–H groups in total. The molecular weight excluding hydrogens is 402 g/mol. The largest absolute Gasteiger partial charge is 0.381 e. The van der Waals surface area contributed by atoms with Crippen LogP contribution in [0.5, 0.6) is 0 Å². The van der Waals surface area contributed by atoms with E-state index < -0.39 is 20.5 Å². The van der Waals surface area contributed by atoms with Gasteiger partial charge in [0.15, 0.2) is 14.6 Å². The molecule has 0 radical (unpaired) electrons. The summed E-state index contributed by atoms with van der Waals surface area (Å²) < 4.78 is 25.1. The average Bonchev–Trinajstić information content (AvgIpc) is 2.79. The van der Waals surface area contributed by atoms with Gasteiger partial charge in [-0.25, -0.2) is 13.9 Å². The molecule has 1 amide bonds. The number of rotatable bonds is 7. The van der Waals surface area contributed by atoms with E-state index in [1.165, 1.54) is 12.1 Å². The molecule has 1 fully saturated rings. The van der Waals surface area contributed by atoms with Gasteiger partial charge in [-0.2, -0.15) is 0 Å². The normalized spacial score (nSPS) is 16.4. The average molecular weight is 428 g/mol. The van der Waals surface area contributed by atoms with Gasteiger partial charge in [0.1, 0.15) is 0 Å². The first-order valence-corrected chi connectivity index (χ1v) is 11.1. The highest BCUT2D eigenvalue weighted by Crippen LogP contribution is 2.36. The van der Waals surface area contributed by atoms with E-state index in [4.69, 9.17) is 6.42 Å². The van der Waals surface area contributed by atoms with Gasteiger partial charge in [-0.3, -0.25) is 14.9 Å². The molecule has 0 saturated carbocycles. The fraction of sp³-hybridized carbons (Fsp3) is 0.318. The smallest absolute Gasteiger partial charge is 0.265 e. The van der Waals surface area contributed by atoms with Gasteiger partial charge >= 0.3 is 0 Å². The second-order valence-corrected chi connectivity index (χ2v) is 9.54. The lowest BCUT2D eigenvalue weighted by atomic mass is 9.95. The van der Waals surface area contributed by atoms with Crippen molar-refractivity contribution in [3.63, 3.8) is 0 Å². The number of benzene rings is 2. The molecule has 0 spiro atoms. The van der Waals surface area contributed by atoms with Crippen LogP contribution in [0, 0.1) is 12.3 Å². The summed E-state index contributed by atoms with van der Waals surface area (Å²) in [4.78, 5) is 14.4. The summed E-state index contributed by atoms with van der Waals surface area (Å²) in [5.74, 6) is 1.62. The molecule has 0 atom stereocenters. The highest BCUT2D eigenvalue weighted by molar-refractivity contribution is 7.93. The van der Waals surface area contributed by atoms with Crippen molar-refractivity contribution < 1.29 is 18.4 Å². The minimum atomic E-state index is -4.04. The van der Waals surface area contributed by atoms with Crippen molar-refractivity contribution >= 4 is 21.4 Å². The van der Waals surface area contributed by atoms with Crippen LogP contribution in [-0.2, 0) is 21.2 Å². The summed E-state index contributed by atoms with van der Waals surface area (Å²) in [6.45, 7) is 1.70. The number of hydroxylamine groups is 1. The molecule has 0 aromatic heterocycles. The SMILES string of the molecule is C#CCN1CCC(C(=O)NO)(S(=O)(=O)c2ccc(NCc3ccccc3)cc2)CC1. The molecule has 2 aromatic carbocycles. The maximum atomic E-state index is 13.4. The van der Waals surface area contributed by atoms with Crippen LogP contribution in [0.15, 0.2) is 59.5 Å². The van der Waals surface area contributed by atoms with E-state index >= 15 is 0 Å². The quantitative estimate of drug-likeness (QED) is 0.355. The Labute approximate surface area is 177 Å². The predicted octanol–water partition coefficient (Wildman–Crippen LogP) is 2.05. The third-order valence-corrected chi connectivity index (χ3v) is 8.03. The zero-order valence-corrected chi connectivity index (χ0v) is 17.4. The molecule has 7 nitrogen and oxygen atoms in total. The van der Waals surface area contributed by atoms with E-state index in [9.17, 15) is 18.4 Å². The van der Waals surface area contributed by atoms with E-state index in [0.717, 1.165) is 11.3 Å². The second-order valence-electron chi connectivity index (χ2n) is 7.28. The van der Waals surface area contributed by atoms with Crippen LogP contribution in [0.25, 0.3) is 0 Å². The Morgan fingerprint density at radius 3 is 2.30 bits per heavy atom. The number of nitrogens with one attached hydrogen (secondary N) is 2. The zero-order chi connectivity index (χ0) is 21.6. The monoisotopic (exact) mass is 427 g/mol. The van der Waals surface area contributed by atoms with Crippen LogP contribution >= 0.6 is 0 Å². The van der Waals surface area contributed by atoms with Gasteiger partial charge < -0.3 is 5.32 Å². The number of terminal acetylenes is 1. The van der Waals surface area contributed by atoms with Crippen LogP contribution in [0.3, 0.4) is 0 Å². The molecule has 3 rings (SSSR count). The van der Waals surface area contributed by atoms with Gasteiger partial charge in [-0.05, 0) is 42.7 Å². The van der Waals surface area contributed by atoms with Gasteiger partial charge in [0.25, 0.3) is 5.91 Å². The summed E-state index contributed by atoms with van der Waals surface area (Å²) >= 11 is 0. The van der Waals surface area contributed by atoms with Gasteiger partial charge in [0.05, 0.1) is 11.4 Å². The maximum Gasteiger partial charge on any atom is 0.265 e. The molecule has 0 aliphatic carbocycles. The fourth-order valence-electron chi connectivity index (χ4n) is 3.70. The van der Waals surface area contributed by atoms with Crippen molar-refractivity contribution in [3.8, 4) is 12.3 Å². The van der Waals surface area contributed by atoms with Crippen molar-refractivity contribution in [3.05, 3.63) is 60.2 Å². The molecule has 30 heavy (non-hydrogen) atoms. The molecule has 158 valence electrons. The number of hydrogen-bond acceptors (Lipinski definition) is 6. The number of nitrogens with zero attached hydrogens (tertiary/aromatic N) is 1. The number of amides is 1. The fourth-order valence-corrected chi connectivity index (χ4v) is 5.65. The van der Waals surface area contributed by atoms with Crippen LogP contribution < -0.4 is 10.8 Å². The molecule has 1 heterocycles. The lowest BCUT2D eigenvalue weighted by Gasteiger charge is -2.38. The van der Waals surface area contributed by atoms with E-state index in [1.807, 2.05) is 35.2 Å². The van der Waals surface area contributed by atoms with Gasteiger partial charge in [0.2, 0.25) is 0 Å². The van der Waals surface area contributed by atoms with Crippen molar-refractivity contribution in [1.82, 2.24) is 10.4 Å². The first-order valence-electron chi connectivity index (χ1n) is 9.66. The topological polar surface area (TPSA) is 98.7 Å². The second kappa shape index (κ2) is 9.30. The predicted molar refractivity (Wildman–Crippen MR) is 115 cm³/mol. The number of likely N-dealkylation sites (tertiary alicyclic amines) is 1. The highest BCUT2D eigenvalue weighted by Gasteiger charge is 2.52. The van der Waals surface area contributed by atoms with Crippen molar-refractivity contribution in [1.29, 1.82) is 0 Å². The molecule has 1 aliphatic heterocycles. The first-order chi connectivity index (χ1) is 14.4. The Morgan fingerprint density at radius 1 is 1.10 bits per heavy atom. The lowest BCUT2D eigenvalue weighted by Crippen LogP contribution is -2.57.